The highest BCUT2D eigenvalue weighted by Crippen LogP contribution is 2.64. The van der Waals surface area contributed by atoms with E-state index in [1.807, 2.05) is 0 Å². The molecule has 3 aliphatic heterocycles. The molecule has 1 spiro atoms. The molecule has 1 aromatic heterocycles. The minimum atomic E-state index is -0.466. The van der Waals surface area contributed by atoms with E-state index in [9.17, 15) is 0 Å². The third-order valence-electron chi connectivity index (χ3n) is 14.2. The van der Waals surface area contributed by atoms with E-state index in [1.165, 1.54) is 116 Å². The highest BCUT2D eigenvalue weighted by atomic mass is 15.1. The number of benzene rings is 8. The summed E-state index contributed by atoms with van der Waals surface area (Å²) < 4.78 is 2.64. The van der Waals surface area contributed by atoms with E-state index in [0.29, 0.717) is 0 Å². The smallest absolute Gasteiger partial charge is 0.333 e. The fourth-order valence-electron chi connectivity index (χ4n) is 11.7. The van der Waals surface area contributed by atoms with Crippen molar-refractivity contribution in [3.05, 3.63) is 185 Å². The molecule has 8 aromatic carbocycles. The summed E-state index contributed by atoms with van der Waals surface area (Å²) in [5.41, 5.74) is 22.4. The maximum Gasteiger partial charge on any atom is 0.333 e. The average molecular weight is 743 g/mol. The van der Waals surface area contributed by atoms with E-state index < -0.39 is 5.41 Å². The first-order valence-electron chi connectivity index (χ1n) is 21.0. The zero-order chi connectivity index (χ0) is 39.0. The molecule has 4 aliphatic rings. The normalized spacial score (nSPS) is 15.1. The van der Waals surface area contributed by atoms with Gasteiger partial charge in [-0.2, -0.15) is 0 Å². The van der Waals surface area contributed by atoms with Crippen molar-refractivity contribution in [2.45, 2.75) is 57.8 Å². The fourth-order valence-corrected chi connectivity index (χ4v) is 11.7. The molecule has 0 unspecified atom stereocenters. The summed E-state index contributed by atoms with van der Waals surface area (Å²) in [5, 5.41) is 5.28. The standard InChI is InChI=1S/C55H43BN2/c1-53(2,3)33-26-27-46-39(29-33)40-30-34(54(4,5)6)31-45-52(40)57(46)48-28-32-16-7-8-17-35(32)49-38-20-15-24-44-51(38)58(56(45)50(48)49)47-25-14-13-23-43(47)55(44)41-21-11-9-18-36(41)37-19-10-12-22-42(37)55/h7-31H,1-6H3. The first-order chi connectivity index (χ1) is 28.1. The van der Waals surface area contributed by atoms with Gasteiger partial charge in [-0.3, -0.25) is 0 Å². The minimum absolute atomic E-state index is 0.0307. The van der Waals surface area contributed by atoms with Crippen molar-refractivity contribution in [1.29, 1.82) is 0 Å². The van der Waals surface area contributed by atoms with E-state index in [1.54, 1.807) is 0 Å². The van der Waals surface area contributed by atoms with E-state index in [2.05, 4.69) is 203 Å². The van der Waals surface area contributed by atoms with Gasteiger partial charge < -0.3 is 9.38 Å². The second kappa shape index (κ2) is 10.6. The molecule has 3 heteroatoms. The summed E-state index contributed by atoms with van der Waals surface area (Å²) in [7, 11) is 0. The van der Waals surface area contributed by atoms with Crippen molar-refractivity contribution in [1.82, 2.24) is 4.57 Å². The van der Waals surface area contributed by atoms with Crippen LogP contribution in [-0.4, -0.2) is 11.4 Å². The van der Waals surface area contributed by atoms with Gasteiger partial charge in [0.05, 0.1) is 16.4 Å². The van der Waals surface area contributed by atoms with Gasteiger partial charge in [-0.1, -0.05) is 163 Å². The fraction of sp³-hybridized carbons (Fsp3) is 0.164. The Kier molecular flexibility index (Phi) is 5.98. The number of nitrogens with zero attached hydrogens (tertiary/aromatic N) is 2. The van der Waals surface area contributed by atoms with E-state index >= 15 is 0 Å². The Labute approximate surface area is 340 Å². The van der Waals surface area contributed by atoms with Crippen molar-refractivity contribution in [2.24, 2.45) is 0 Å². The van der Waals surface area contributed by atoms with Crippen LogP contribution in [0, 0.1) is 0 Å². The summed E-state index contributed by atoms with van der Waals surface area (Å²) in [6.07, 6.45) is 0. The number of hydrogen-bond acceptors (Lipinski definition) is 1. The second-order valence-electron chi connectivity index (χ2n) is 19.3. The second-order valence-corrected chi connectivity index (χ2v) is 19.3. The number of hydrogen-bond donors (Lipinski definition) is 0. The quantitative estimate of drug-likeness (QED) is 0.141. The largest absolute Gasteiger partial charge is 0.376 e. The summed E-state index contributed by atoms with van der Waals surface area (Å²) in [6.45, 7) is 14.1. The van der Waals surface area contributed by atoms with Crippen LogP contribution in [-0.2, 0) is 16.2 Å². The molecule has 0 saturated heterocycles. The highest BCUT2D eigenvalue weighted by molar-refractivity contribution is 6.94. The van der Waals surface area contributed by atoms with Crippen molar-refractivity contribution in [3.63, 3.8) is 0 Å². The van der Waals surface area contributed by atoms with Crippen LogP contribution in [0.4, 0.5) is 11.4 Å². The van der Waals surface area contributed by atoms with Crippen LogP contribution in [0.5, 0.6) is 0 Å². The van der Waals surface area contributed by atoms with Crippen LogP contribution in [0.25, 0.3) is 60.5 Å². The Hall–Kier alpha value is -6.32. The summed E-state index contributed by atoms with van der Waals surface area (Å²) in [4.78, 5) is 2.78. The zero-order valence-electron chi connectivity index (χ0n) is 33.9. The molecule has 58 heavy (non-hydrogen) atoms. The van der Waals surface area contributed by atoms with Gasteiger partial charge in [0.1, 0.15) is 0 Å². The molecule has 0 amide bonds. The van der Waals surface area contributed by atoms with Gasteiger partial charge >= 0.3 is 6.85 Å². The van der Waals surface area contributed by atoms with Crippen LogP contribution in [0.2, 0.25) is 0 Å². The van der Waals surface area contributed by atoms with Crippen LogP contribution in [0.1, 0.15) is 74.9 Å². The Balaban J connectivity index is 1.25. The average Bonchev–Trinajstić information content (AvgIpc) is 3.72. The molecular formula is C55H43BN2. The Morgan fingerprint density at radius 3 is 1.84 bits per heavy atom. The van der Waals surface area contributed by atoms with Crippen molar-refractivity contribution in [3.8, 4) is 27.9 Å². The Bertz CT molecular complexity index is 3280. The van der Waals surface area contributed by atoms with Gasteiger partial charge in [0.15, 0.2) is 0 Å². The molecule has 2 nitrogen and oxygen atoms in total. The van der Waals surface area contributed by atoms with Crippen LogP contribution in [0.3, 0.4) is 0 Å². The first-order valence-corrected chi connectivity index (χ1v) is 21.0. The van der Waals surface area contributed by atoms with Gasteiger partial charge in [0.2, 0.25) is 0 Å². The molecule has 0 bridgehead atoms. The monoisotopic (exact) mass is 742 g/mol. The number of anilines is 2. The number of aromatic nitrogens is 1. The molecule has 0 radical (unpaired) electrons. The molecule has 0 saturated carbocycles. The number of fused-ring (bicyclic) bond motifs is 18. The van der Waals surface area contributed by atoms with Gasteiger partial charge in [-0.15, -0.1) is 0 Å². The number of para-hydroxylation sites is 2. The summed E-state index contributed by atoms with van der Waals surface area (Å²) >= 11 is 0. The molecule has 0 N–H and O–H groups in total. The topological polar surface area (TPSA) is 8.17 Å². The Morgan fingerprint density at radius 1 is 0.483 bits per heavy atom. The summed E-state index contributed by atoms with van der Waals surface area (Å²) in [6, 6.07) is 58.9. The predicted molar refractivity (Wildman–Crippen MR) is 246 cm³/mol. The van der Waals surface area contributed by atoms with Crippen LogP contribution in [0.15, 0.2) is 152 Å². The van der Waals surface area contributed by atoms with Crippen molar-refractivity contribution in [2.75, 3.05) is 4.81 Å². The lowest BCUT2D eigenvalue weighted by molar-refractivity contribution is 0.590. The first kappa shape index (κ1) is 32.7. The van der Waals surface area contributed by atoms with Gasteiger partial charge in [0, 0.05) is 33.4 Å². The molecule has 276 valence electrons. The third kappa shape index (κ3) is 3.77. The lowest BCUT2D eigenvalue weighted by atomic mass is 9.42. The molecular weight excluding hydrogens is 699 g/mol. The summed E-state index contributed by atoms with van der Waals surface area (Å²) in [5.74, 6) is 0. The molecule has 4 heterocycles. The Morgan fingerprint density at radius 2 is 1.10 bits per heavy atom. The van der Waals surface area contributed by atoms with Crippen molar-refractivity contribution < 1.29 is 0 Å². The zero-order valence-corrected chi connectivity index (χ0v) is 33.9. The maximum atomic E-state index is 2.78. The third-order valence-corrected chi connectivity index (χ3v) is 14.2. The highest BCUT2D eigenvalue weighted by Gasteiger charge is 2.56. The van der Waals surface area contributed by atoms with E-state index in [0.717, 1.165) is 0 Å². The van der Waals surface area contributed by atoms with Gasteiger partial charge in [-0.25, -0.2) is 0 Å². The molecule has 0 fully saturated rings. The maximum absolute atomic E-state index is 2.78. The van der Waals surface area contributed by atoms with Gasteiger partial charge in [-0.05, 0) is 113 Å². The van der Waals surface area contributed by atoms with Crippen molar-refractivity contribution >= 4 is 61.7 Å². The van der Waals surface area contributed by atoms with E-state index in [-0.39, 0.29) is 17.7 Å². The van der Waals surface area contributed by atoms with Gasteiger partial charge in [0.25, 0.3) is 0 Å². The van der Waals surface area contributed by atoms with Crippen LogP contribution < -0.4 is 15.7 Å². The van der Waals surface area contributed by atoms with Crippen LogP contribution >= 0.6 is 0 Å². The molecule has 13 rings (SSSR count). The van der Waals surface area contributed by atoms with E-state index in [4.69, 9.17) is 0 Å². The molecule has 0 atom stereocenters. The number of rotatable bonds is 0. The predicted octanol–water partition coefficient (Wildman–Crippen LogP) is 12.4. The lowest BCUT2D eigenvalue weighted by Crippen LogP contribution is -2.62. The minimum Gasteiger partial charge on any atom is -0.376 e. The molecule has 1 aliphatic carbocycles. The lowest BCUT2D eigenvalue weighted by Gasteiger charge is -2.51. The SMILES string of the molecule is CC(C)(C)c1ccc2c(c1)c1cc(C(C)(C)C)cc3c1n2-c1cc2ccccc2c2c1B3N1c3ccccc3C3(c4ccccc4-c4ccccc43)c3cccc-2c31. The molecule has 9 aromatic rings.